The van der Waals surface area contributed by atoms with Gasteiger partial charge in [-0.3, -0.25) is 0 Å². The maximum Gasteiger partial charge on any atom is 0.349 e. The van der Waals surface area contributed by atoms with Crippen molar-refractivity contribution < 1.29 is 38.9 Å². The van der Waals surface area contributed by atoms with E-state index in [0.29, 0.717) is 0 Å². The standard InChI is InChI=1S/C20H18O8.2C7H14N2/c1-11-3-7-13(8-4-11)19(25)27-15(17(21)22)16(18(23)24)28-20(26)14-9-5-12(2)6-10-14;2*1-9-3-2-6-4-8-5-7(6)9/h3-10,15-16H,1-2H3,(H,21,22)(H,23,24);2*6-8H,2-5H2,1H3/t15-,16-;2*6-,7+/m111/s1. The largest absolute Gasteiger partial charge is 0.478 e. The number of nitrogens with zero attached hydrogens (tertiary/aromatic N) is 2. The number of benzene rings is 2. The van der Waals surface area contributed by atoms with Crippen molar-refractivity contribution in [3.63, 3.8) is 0 Å². The van der Waals surface area contributed by atoms with Crippen molar-refractivity contribution in [1.29, 1.82) is 0 Å². The molecule has 12 heteroatoms. The molecule has 4 aliphatic rings. The van der Waals surface area contributed by atoms with Crippen LogP contribution in [-0.2, 0) is 19.1 Å². The topological polar surface area (TPSA) is 158 Å². The Hall–Kier alpha value is -3.84. The van der Waals surface area contributed by atoms with E-state index >= 15 is 0 Å². The summed E-state index contributed by atoms with van der Waals surface area (Å²) in [5.41, 5.74) is 1.79. The van der Waals surface area contributed by atoms with Crippen molar-refractivity contribution in [2.45, 2.75) is 51.0 Å². The van der Waals surface area contributed by atoms with E-state index < -0.39 is 36.1 Å². The number of carboxylic acid groups (broad SMARTS) is 2. The number of likely N-dealkylation sites (tertiary alicyclic amines) is 2. The Morgan fingerprint density at radius 3 is 1.30 bits per heavy atom. The van der Waals surface area contributed by atoms with Gasteiger partial charge in [-0.15, -0.1) is 0 Å². The van der Waals surface area contributed by atoms with Crippen LogP contribution in [0.15, 0.2) is 48.5 Å². The fourth-order valence-electron chi connectivity index (χ4n) is 6.36. The first-order valence-electron chi connectivity index (χ1n) is 15.8. The van der Waals surface area contributed by atoms with Gasteiger partial charge in [0.05, 0.1) is 11.1 Å². The number of nitrogens with one attached hydrogen (secondary N) is 2. The zero-order valence-corrected chi connectivity index (χ0v) is 27.0. The first-order valence-corrected chi connectivity index (χ1v) is 15.8. The van der Waals surface area contributed by atoms with Crippen LogP contribution >= 0.6 is 0 Å². The first kappa shape index (κ1) is 35.0. The molecule has 6 rings (SSSR count). The maximum absolute atomic E-state index is 12.2. The lowest BCUT2D eigenvalue weighted by Crippen LogP contribution is -2.45. The molecule has 4 fully saturated rings. The van der Waals surface area contributed by atoms with Crippen LogP contribution in [0.1, 0.15) is 44.7 Å². The molecule has 0 unspecified atom stereocenters. The average molecular weight is 639 g/mol. The number of aryl methyl sites for hydroxylation is 2. The molecule has 2 aromatic rings. The second kappa shape index (κ2) is 16.1. The average Bonchev–Trinajstić information content (AvgIpc) is 3.82. The highest BCUT2D eigenvalue weighted by Crippen LogP contribution is 2.25. The van der Waals surface area contributed by atoms with Gasteiger partial charge >= 0.3 is 23.9 Å². The minimum absolute atomic E-state index is 0.0332. The third-order valence-electron chi connectivity index (χ3n) is 9.25. The molecule has 6 atom stereocenters. The minimum atomic E-state index is -2.22. The fourth-order valence-corrected chi connectivity index (χ4v) is 6.36. The Morgan fingerprint density at radius 1 is 0.652 bits per heavy atom. The summed E-state index contributed by atoms with van der Waals surface area (Å²) in [6, 6.07) is 13.8. The van der Waals surface area contributed by atoms with Crippen molar-refractivity contribution in [2.75, 3.05) is 53.4 Å². The van der Waals surface area contributed by atoms with Gasteiger partial charge < -0.3 is 40.1 Å². The third-order valence-corrected chi connectivity index (χ3v) is 9.25. The molecular weight excluding hydrogens is 592 g/mol. The van der Waals surface area contributed by atoms with Crippen LogP contribution < -0.4 is 10.6 Å². The summed E-state index contributed by atoms with van der Waals surface area (Å²) in [5.74, 6) is -3.69. The molecule has 0 bridgehead atoms. The Kier molecular flexibility index (Phi) is 12.3. The van der Waals surface area contributed by atoms with E-state index in [4.69, 9.17) is 9.47 Å². The number of rotatable bonds is 7. The quantitative estimate of drug-likeness (QED) is 0.328. The van der Waals surface area contributed by atoms with Crippen LogP contribution in [0.25, 0.3) is 0 Å². The second-order valence-electron chi connectivity index (χ2n) is 12.6. The molecule has 0 amide bonds. The molecule has 46 heavy (non-hydrogen) atoms. The number of hydrogen-bond donors (Lipinski definition) is 4. The lowest BCUT2D eigenvalue weighted by atomic mass is 10.1. The molecule has 4 heterocycles. The zero-order valence-electron chi connectivity index (χ0n) is 27.0. The highest BCUT2D eigenvalue weighted by atomic mass is 16.6. The van der Waals surface area contributed by atoms with E-state index in [-0.39, 0.29) is 11.1 Å². The number of fused-ring (bicyclic) bond motifs is 2. The highest BCUT2D eigenvalue weighted by Gasteiger charge is 2.41. The van der Waals surface area contributed by atoms with E-state index in [2.05, 4.69) is 34.5 Å². The molecule has 0 aromatic heterocycles. The van der Waals surface area contributed by atoms with E-state index in [1.165, 1.54) is 76.4 Å². The molecule has 0 radical (unpaired) electrons. The number of carbonyl (C=O) groups is 4. The van der Waals surface area contributed by atoms with E-state index in [1.807, 2.05) is 0 Å². The molecule has 12 nitrogen and oxygen atoms in total. The molecule has 4 saturated heterocycles. The summed E-state index contributed by atoms with van der Waals surface area (Å²) in [6.45, 7) is 11.2. The van der Waals surface area contributed by atoms with E-state index in [9.17, 15) is 29.4 Å². The molecule has 2 aromatic carbocycles. The SMILES string of the molecule is CN1CC[C@@H]2CNC[C@@H]21.CN1CC[C@@H]2CNC[C@@H]21.Cc1ccc(C(=O)O[C@@H](C(=O)O)[C@@H](OC(=O)c2ccc(C)cc2)C(=O)O)cc1. The Morgan fingerprint density at radius 2 is 1.00 bits per heavy atom. The summed E-state index contributed by atoms with van der Waals surface area (Å²) in [6.07, 6.45) is -1.62. The highest BCUT2D eigenvalue weighted by molar-refractivity contribution is 5.95. The van der Waals surface area contributed by atoms with Gasteiger partial charge in [0.15, 0.2) is 0 Å². The molecule has 250 valence electrons. The predicted molar refractivity (Wildman–Crippen MR) is 171 cm³/mol. The second-order valence-corrected chi connectivity index (χ2v) is 12.6. The molecule has 0 aliphatic carbocycles. The summed E-state index contributed by atoms with van der Waals surface area (Å²) in [4.78, 5) is 52.3. The van der Waals surface area contributed by atoms with Crippen molar-refractivity contribution in [1.82, 2.24) is 20.4 Å². The van der Waals surface area contributed by atoms with Gasteiger partial charge in [-0.05, 0) is 103 Å². The van der Waals surface area contributed by atoms with Gasteiger partial charge in [-0.25, -0.2) is 19.2 Å². The van der Waals surface area contributed by atoms with Crippen molar-refractivity contribution in [3.05, 3.63) is 70.8 Å². The predicted octanol–water partition coefficient (Wildman–Crippen LogP) is 2.04. The van der Waals surface area contributed by atoms with Crippen molar-refractivity contribution >= 4 is 23.9 Å². The van der Waals surface area contributed by atoms with Crippen LogP contribution in [-0.4, -0.2) is 122 Å². The molecule has 4 aliphatic heterocycles. The van der Waals surface area contributed by atoms with Crippen LogP contribution in [0.2, 0.25) is 0 Å². The molecule has 4 N–H and O–H groups in total. The first-order chi connectivity index (χ1) is 21.9. The number of esters is 2. The number of likely N-dealkylation sites (N-methyl/N-ethyl adjacent to an activating group) is 2. The number of hydrogen-bond acceptors (Lipinski definition) is 10. The van der Waals surface area contributed by atoms with Crippen LogP contribution in [0, 0.1) is 25.7 Å². The lowest BCUT2D eigenvalue weighted by molar-refractivity contribution is -0.166. The summed E-state index contributed by atoms with van der Waals surface area (Å²) in [5, 5.41) is 25.5. The Balaban J connectivity index is 0.000000211. The third kappa shape index (κ3) is 9.12. The van der Waals surface area contributed by atoms with Crippen molar-refractivity contribution in [3.8, 4) is 0 Å². The van der Waals surface area contributed by atoms with Crippen LogP contribution in [0.3, 0.4) is 0 Å². The molecule has 0 spiro atoms. The maximum atomic E-state index is 12.2. The van der Waals surface area contributed by atoms with Crippen molar-refractivity contribution in [2.24, 2.45) is 11.8 Å². The monoisotopic (exact) mass is 638 g/mol. The molecular formula is C34H46N4O8. The smallest absolute Gasteiger partial charge is 0.349 e. The van der Waals surface area contributed by atoms with Gasteiger partial charge in [0.25, 0.3) is 0 Å². The van der Waals surface area contributed by atoms with Gasteiger partial charge in [0.1, 0.15) is 0 Å². The number of carbonyl (C=O) groups excluding carboxylic acids is 2. The summed E-state index contributed by atoms with van der Waals surface area (Å²) < 4.78 is 9.64. The summed E-state index contributed by atoms with van der Waals surface area (Å²) >= 11 is 0. The number of aliphatic carboxylic acids is 2. The number of ether oxygens (including phenoxy) is 2. The van der Waals surface area contributed by atoms with E-state index in [1.54, 1.807) is 38.1 Å². The van der Waals surface area contributed by atoms with E-state index in [0.717, 1.165) is 35.0 Å². The minimum Gasteiger partial charge on any atom is -0.478 e. The number of carboxylic acids is 2. The lowest BCUT2D eigenvalue weighted by Gasteiger charge is -2.21. The zero-order chi connectivity index (χ0) is 33.4. The van der Waals surface area contributed by atoms with Gasteiger partial charge in [-0.1, -0.05) is 35.4 Å². The van der Waals surface area contributed by atoms with Gasteiger partial charge in [0.2, 0.25) is 12.2 Å². The van der Waals surface area contributed by atoms with Crippen LogP contribution in [0.4, 0.5) is 0 Å². The van der Waals surface area contributed by atoms with Gasteiger partial charge in [-0.2, -0.15) is 0 Å². The Labute approximate surface area is 270 Å². The fraction of sp³-hybridized carbons (Fsp3) is 0.529. The summed E-state index contributed by atoms with van der Waals surface area (Å²) in [7, 11) is 4.47. The normalized spacial score (nSPS) is 24.7. The van der Waals surface area contributed by atoms with Gasteiger partial charge in [0, 0.05) is 25.2 Å². The van der Waals surface area contributed by atoms with Crippen LogP contribution in [0.5, 0.6) is 0 Å². The molecule has 0 saturated carbocycles. The Bertz CT molecular complexity index is 1250.